The molecule has 1 saturated heterocycles. The molecule has 1 fully saturated rings. The second-order valence-electron chi connectivity index (χ2n) is 18.4. The van der Waals surface area contributed by atoms with Gasteiger partial charge in [-0.25, -0.2) is 18.0 Å². The lowest BCUT2D eigenvalue weighted by molar-refractivity contribution is -0.145. The van der Waals surface area contributed by atoms with Crippen molar-refractivity contribution in [3.63, 3.8) is 0 Å². The Morgan fingerprint density at radius 2 is 1.26 bits per heavy atom. The molecule has 0 aliphatic carbocycles. The molecule has 2 aliphatic rings. The number of allylic oxidation sites excluding steroid dienone is 1. The van der Waals surface area contributed by atoms with Crippen molar-refractivity contribution in [1.82, 2.24) is 4.90 Å². The van der Waals surface area contributed by atoms with E-state index in [0.717, 1.165) is 22.4 Å². The molecule has 5 aromatic carbocycles. The molecule has 5 N–H and O–H groups in total. The summed E-state index contributed by atoms with van der Waals surface area (Å²) in [5, 5.41) is 32.6. The van der Waals surface area contributed by atoms with Crippen molar-refractivity contribution in [3.8, 4) is 5.75 Å². The molecule has 0 bridgehead atoms. The molecule has 74 heavy (non-hydrogen) atoms. The van der Waals surface area contributed by atoms with Crippen LogP contribution in [0.25, 0.3) is 0 Å². The molecule has 0 aromatic heterocycles. The molecule has 0 spiro atoms. The number of halogens is 3. The molecule has 5 aromatic rings. The van der Waals surface area contributed by atoms with E-state index in [1.54, 1.807) is 41.3 Å². The van der Waals surface area contributed by atoms with Crippen LogP contribution in [0.1, 0.15) is 92.3 Å². The van der Waals surface area contributed by atoms with Gasteiger partial charge in [-0.3, -0.25) is 14.4 Å². The number of rotatable bonds is 25. The van der Waals surface area contributed by atoms with Gasteiger partial charge >= 0.3 is 12.1 Å². The number of carbonyl (C=O) groups excluding carboxylic acids is 4. The second-order valence-corrected chi connectivity index (χ2v) is 21.1. The van der Waals surface area contributed by atoms with Crippen LogP contribution in [-0.2, 0) is 23.9 Å². The predicted octanol–water partition coefficient (Wildman–Crippen LogP) is 9.89. The first kappa shape index (κ1) is 55.4. The van der Waals surface area contributed by atoms with Gasteiger partial charge in [-0.15, -0.1) is 0 Å². The Morgan fingerprint density at radius 3 is 1.86 bits per heavy atom. The smallest absolute Gasteiger partial charge is 0.465 e. The predicted molar refractivity (Wildman–Crippen MR) is 277 cm³/mol. The van der Waals surface area contributed by atoms with Crippen LogP contribution in [0.15, 0.2) is 139 Å². The number of amides is 2. The van der Waals surface area contributed by atoms with E-state index >= 15 is 0 Å². The number of nitrogens with two attached hydrogens (primary N) is 1. The minimum atomic E-state index is -1.18. The summed E-state index contributed by atoms with van der Waals surface area (Å²) in [4.78, 5) is 55.3. The minimum absolute atomic E-state index is 0.0325. The van der Waals surface area contributed by atoms with Gasteiger partial charge in [0.05, 0.1) is 42.7 Å². The van der Waals surface area contributed by atoms with Crippen LogP contribution < -0.4 is 15.4 Å². The zero-order valence-electron chi connectivity index (χ0n) is 40.9. The number of aliphatic hydroxyl groups excluding tert-OH is 3. The Morgan fingerprint density at radius 1 is 0.689 bits per heavy atom. The third-order valence-corrected chi connectivity index (χ3v) is 15.4. The summed E-state index contributed by atoms with van der Waals surface area (Å²) in [5.41, 5.74) is 10.7. The Balaban J connectivity index is 0.803. The maximum absolute atomic E-state index is 14.1. The first-order chi connectivity index (χ1) is 35.6. The van der Waals surface area contributed by atoms with Crippen LogP contribution in [0, 0.1) is 29.3 Å². The SMILES string of the molecule is CC(C)C1=C(C(N)=O)C(c2ccccc2)C(c2ccc(F)cc2)N1CC[C@@H](O)C[C@@H](O)CC(=O)OCCSSCCOC(=O)Oc1ccc(C2[C@@H](CC[C@H](O)c3ccc(F)cc3)C(=O)N2c2ccc(F)cc2)cc1. The molecule has 7 rings (SSSR count). The fraction of sp³-hybridized carbons (Fsp3) is 0.357. The van der Waals surface area contributed by atoms with E-state index in [-0.39, 0.29) is 63.0 Å². The molecule has 2 amide bonds. The number of hydrogen-bond donors (Lipinski definition) is 4. The van der Waals surface area contributed by atoms with Crippen molar-refractivity contribution < 1.29 is 61.9 Å². The standard InChI is InChI=1S/C56H60F3N3O10S2/c1-34(2)51-50(54(60)67)49(36-6-4-3-5-7-36)53(38-10-16-40(58)17-11-38)61(51)27-26-43(63)32-44(64)33-48(66)70-28-30-73-74-31-29-71-56(69)72-45-22-12-37(13-23-45)52-46(24-25-47(65)35-8-14-39(57)15-9-35)55(68)62(52)42-20-18-41(59)19-21-42/h3-23,34,43-44,46-47,49,52-53,63-65H,24-33H2,1-2H3,(H2,60,67)/t43-,44-,46-,47+,49?,52?,53?/m1/s1. The number of aliphatic hydroxyl groups is 3. The van der Waals surface area contributed by atoms with E-state index in [1.165, 1.54) is 82.3 Å². The number of hydrogen-bond acceptors (Lipinski definition) is 13. The van der Waals surface area contributed by atoms with Gasteiger partial charge in [-0.1, -0.05) is 102 Å². The number of ether oxygens (including phenoxy) is 3. The third kappa shape index (κ3) is 14.3. The zero-order valence-corrected chi connectivity index (χ0v) is 42.6. The first-order valence-corrected chi connectivity index (χ1v) is 26.9. The van der Waals surface area contributed by atoms with E-state index in [0.29, 0.717) is 34.8 Å². The summed E-state index contributed by atoms with van der Waals surface area (Å²) in [5.74, 6) is -2.70. The molecular weight excluding hydrogens is 996 g/mol. The topological polar surface area (TPSA) is 189 Å². The van der Waals surface area contributed by atoms with E-state index in [9.17, 15) is 47.7 Å². The molecular formula is C56H60F3N3O10S2. The van der Waals surface area contributed by atoms with Gasteiger partial charge in [0.1, 0.15) is 36.4 Å². The Kier molecular flexibility index (Phi) is 19.7. The van der Waals surface area contributed by atoms with Crippen molar-refractivity contribution in [2.24, 2.45) is 17.6 Å². The summed E-state index contributed by atoms with van der Waals surface area (Å²) in [6.07, 6.45) is -3.67. The monoisotopic (exact) mass is 1060 g/mol. The normalized spacial score (nSPS) is 18.7. The number of nitrogens with zero attached hydrogens (tertiary/aromatic N) is 2. The largest absolute Gasteiger partial charge is 0.513 e. The first-order valence-electron chi connectivity index (χ1n) is 24.4. The van der Waals surface area contributed by atoms with Crippen molar-refractivity contribution in [1.29, 1.82) is 0 Å². The number of β-lactam (4-membered cyclic amide) rings is 1. The third-order valence-electron chi connectivity index (χ3n) is 13.0. The zero-order chi connectivity index (χ0) is 52.9. The molecule has 3 unspecified atom stereocenters. The fourth-order valence-electron chi connectivity index (χ4n) is 9.69. The minimum Gasteiger partial charge on any atom is -0.465 e. The van der Waals surface area contributed by atoms with Gasteiger partial charge < -0.3 is 45.1 Å². The Labute approximate surface area is 436 Å². The summed E-state index contributed by atoms with van der Waals surface area (Å²) < 4.78 is 57.2. The highest BCUT2D eigenvalue weighted by atomic mass is 33.1. The van der Waals surface area contributed by atoms with E-state index in [4.69, 9.17) is 19.9 Å². The van der Waals surface area contributed by atoms with Gasteiger partial charge in [-0.05, 0) is 115 Å². The van der Waals surface area contributed by atoms with Crippen molar-refractivity contribution in [3.05, 3.63) is 178 Å². The Bertz CT molecular complexity index is 2700. The lowest BCUT2D eigenvalue weighted by atomic mass is 9.78. The Hall–Kier alpha value is -6.31. The van der Waals surface area contributed by atoms with Crippen molar-refractivity contribution >= 4 is 51.2 Å². The number of esters is 1. The van der Waals surface area contributed by atoms with Crippen molar-refractivity contribution in [2.75, 3.05) is 36.2 Å². The highest BCUT2D eigenvalue weighted by Crippen LogP contribution is 2.52. The summed E-state index contributed by atoms with van der Waals surface area (Å²) in [6.45, 7) is 4.30. The van der Waals surface area contributed by atoms with Crippen LogP contribution in [0.2, 0.25) is 0 Å². The fourth-order valence-corrected chi connectivity index (χ4v) is 11.3. The molecule has 13 nitrogen and oxygen atoms in total. The van der Waals surface area contributed by atoms with Crippen molar-refractivity contribution in [2.45, 2.75) is 82.3 Å². The van der Waals surface area contributed by atoms with E-state index in [1.807, 2.05) is 49.1 Å². The summed E-state index contributed by atoms with van der Waals surface area (Å²) in [7, 11) is 2.78. The lowest BCUT2D eigenvalue weighted by Gasteiger charge is -2.48. The van der Waals surface area contributed by atoms with Gasteiger partial charge in [0.2, 0.25) is 11.8 Å². The van der Waals surface area contributed by atoms with Gasteiger partial charge in [0.25, 0.3) is 0 Å². The van der Waals surface area contributed by atoms with Gasteiger partial charge in [0.15, 0.2) is 0 Å². The van der Waals surface area contributed by atoms with Crippen LogP contribution in [0.3, 0.4) is 0 Å². The lowest BCUT2D eigenvalue weighted by Crippen LogP contribution is -2.55. The van der Waals surface area contributed by atoms with E-state index < -0.39 is 77.7 Å². The summed E-state index contributed by atoms with van der Waals surface area (Å²) >= 11 is 0. The van der Waals surface area contributed by atoms with Gasteiger partial charge in [-0.2, -0.15) is 0 Å². The second kappa shape index (κ2) is 26.3. The molecule has 2 aliphatic heterocycles. The molecule has 2 heterocycles. The van der Waals surface area contributed by atoms with Crippen LogP contribution in [0.4, 0.5) is 23.7 Å². The van der Waals surface area contributed by atoms with Crippen LogP contribution >= 0.6 is 21.6 Å². The number of carbonyl (C=O) groups is 4. The number of anilines is 1. The molecule has 0 saturated carbocycles. The highest BCUT2D eigenvalue weighted by Gasteiger charge is 2.49. The number of primary amides is 1. The summed E-state index contributed by atoms with van der Waals surface area (Å²) in [6, 6.07) is 32.4. The molecule has 7 atom stereocenters. The highest BCUT2D eigenvalue weighted by molar-refractivity contribution is 8.76. The quantitative estimate of drug-likeness (QED) is 0.0142. The number of benzene rings is 5. The van der Waals surface area contributed by atoms with Gasteiger partial charge in [0, 0.05) is 40.9 Å². The molecule has 0 radical (unpaired) electrons. The molecule has 18 heteroatoms. The average molecular weight is 1060 g/mol. The molecule has 392 valence electrons. The van der Waals surface area contributed by atoms with Crippen LogP contribution in [0.5, 0.6) is 5.75 Å². The maximum atomic E-state index is 14.1. The average Bonchev–Trinajstić information content (AvgIpc) is 3.73. The van der Waals surface area contributed by atoms with Crippen LogP contribution in [-0.4, -0.2) is 87.6 Å². The van der Waals surface area contributed by atoms with E-state index in [2.05, 4.69) is 0 Å². The maximum Gasteiger partial charge on any atom is 0.513 e.